The molecule has 32 heavy (non-hydrogen) atoms. The summed E-state index contributed by atoms with van der Waals surface area (Å²) in [5.41, 5.74) is 4.02. The molecule has 0 saturated carbocycles. The number of pyridine rings is 2. The predicted molar refractivity (Wildman–Crippen MR) is 122 cm³/mol. The van der Waals surface area contributed by atoms with Gasteiger partial charge in [0, 0.05) is 31.0 Å². The van der Waals surface area contributed by atoms with Gasteiger partial charge < -0.3 is 15.6 Å². The monoisotopic (exact) mass is 454 g/mol. The Morgan fingerprint density at radius 3 is 2.75 bits per heavy atom. The Bertz CT molecular complexity index is 1230. The maximum absolute atomic E-state index is 13.4. The predicted octanol–water partition coefficient (Wildman–Crippen LogP) is 4.12. The summed E-state index contributed by atoms with van der Waals surface area (Å²) in [7, 11) is 0. The van der Waals surface area contributed by atoms with Crippen LogP contribution in [0.2, 0.25) is 5.02 Å². The van der Waals surface area contributed by atoms with E-state index < -0.39 is 5.82 Å². The van der Waals surface area contributed by atoms with Gasteiger partial charge >= 0.3 is 0 Å². The Morgan fingerprint density at radius 1 is 1.09 bits per heavy atom. The van der Waals surface area contributed by atoms with Gasteiger partial charge in [-0.3, -0.25) is 10.7 Å². The lowest BCUT2D eigenvalue weighted by Crippen LogP contribution is -2.20. The Balaban J connectivity index is 1.46. The summed E-state index contributed by atoms with van der Waals surface area (Å²) in [6.07, 6.45) is 4.14. The van der Waals surface area contributed by atoms with Gasteiger partial charge in [0.1, 0.15) is 11.6 Å². The van der Waals surface area contributed by atoms with Crippen molar-refractivity contribution in [1.29, 1.82) is 0 Å². The third-order valence-corrected chi connectivity index (χ3v) is 4.80. The molecule has 5 N–H and O–H groups in total. The Hall–Kier alpha value is -3.76. The highest BCUT2D eigenvalue weighted by Crippen LogP contribution is 2.23. The molecule has 0 spiro atoms. The minimum absolute atomic E-state index is 0.0611. The number of aliphatic imine (C=N–C) groups is 1. The van der Waals surface area contributed by atoms with E-state index in [1.54, 1.807) is 18.5 Å². The van der Waals surface area contributed by atoms with Crippen molar-refractivity contribution in [2.45, 2.75) is 6.42 Å². The second kappa shape index (κ2) is 10.0. The van der Waals surface area contributed by atoms with Crippen molar-refractivity contribution in [2.75, 3.05) is 23.7 Å². The molecule has 0 atom stereocenters. The van der Waals surface area contributed by atoms with Crippen molar-refractivity contribution in [2.24, 2.45) is 4.99 Å². The van der Waals surface area contributed by atoms with Gasteiger partial charge in [-0.1, -0.05) is 17.7 Å². The molecule has 0 radical (unpaired) electrons. The van der Waals surface area contributed by atoms with E-state index in [0.29, 0.717) is 34.9 Å². The van der Waals surface area contributed by atoms with Crippen LogP contribution in [-0.2, 0) is 0 Å². The fourth-order valence-electron chi connectivity index (χ4n) is 3.00. The molecule has 0 fully saturated rings. The number of aromatic amines is 1. The summed E-state index contributed by atoms with van der Waals surface area (Å²) in [4.78, 5) is 20.4. The molecule has 0 aliphatic rings. The van der Waals surface area contributed by atoms with E-state index in [9.17, 15) is 9.60 Å². The number of nitrogens with zero attached hydrogens (tertiary/aromatic N) is 4. The molecular weight excluding hydrogens is 435 g/mol. The SMILES string of the molecule is ONC(=Nc1ccc(F)c(Cl)c1)c1ccnc2nc(NCCCNc3ccccn3)[nH]c12. The molecule has 9 nitrogen and oxygen atoms in total. The average Bonchev–Trinajstić information content (AvgIpc) is 3.23. The van der Waals surface area contributed by atoms with E-state index in [4.69, 9.17) is 11.6 Å². The minimum atomic E-state index is -0.546. The lowest BCUT2D eigenvalue weighted by molar-refractivity contribution is 0.235. The lowest BCUT2D eigenvalue weighted by atomic mass is 10.2. The fraction of sp³-hybridized carbons (Fsp3) is 0.143. The molecule has 4 aromatic rings. The Kier molecular flexibility index (Phi) is 6.73. The first-order chi connectivity index (χ1) is 15.6. The van der Waals surface area contributed by atoms with Gasteiger partial charge in [-0.25, -0.2) is 19.4 Å². The van der Waals surface area contributed by atoms with Gasteiger partial charge in [0.2, 0.25) is 5.95 Å². The summed E-state index contributed by atoms with van der Waals surface area (Å²) in [6.45, 7) is 1.42. The van der Waals surface area contributed by atoms with Crippen molar-refractivity contribution in [1.82, 2.24) is 25.4 Å². The van der Waals surface area contributed by atoms with Crippen LogP contribution < -0.4 is 16.1 Å². The van der Waals surface area contributed by atoms with E-state index in [2.05, 4.69) is 41.0 Å². The molecule has 4 rings (SSSR count). The van der Waals surface area contributed by atoms with Crippen molar-refractivity contribution >= 4 is 46.1 Å². The molecule has 3 heterocycles. The van der Waals surface area contributed by atoms with E-state index in [-0.39, 0.29) is 10.9 Å². The molecule has 0 aliphatic carbocycles. The number of aromatic nitrogens is 4. The standard InChI is InChI=1S/C21H20ClFN8O/c22-15-12-13(5-6-16(15)23)28-19(31-32)14-7-11-26-20-18(14)29-21(30-20)27-10-3-9-25-17-4-1-2-8-24-17/h1-2,4-8,11-12,32H,3,9-10H2,(H,24,25)(H,28,31)(H2,26,27,29,30). The van der Waals surface area contributed by atoms with Crippen LogP contribution in [0.5, 0.6) is 0 Å². The zero-order valence-electron chi connectivity index (χ0n) is 16.8. The molecule has 0 saturated heterocycles. The topological polar surface area (TPSA) is 123 Å². The van der Waals surface area contributed by atoms with Crippen molar-refractivity contribution in [3.63, 3.8) is 0 Å². The highest BCUT2D eigenvalue weighted by molar-refractivity contribution is 6.31. The zero-order valence-corrected chi connectivity index (χ0v) is 17.6. The summed E-state index contributed by atoms with van der Waals surface area (Å²) < 4.78 is 13.4. The smallest absolute Gasteiger partial charge is 0.202 e. The zero-order chi connectivity index (χ0) is 22.3. The maximum atomic E-state index is 13.4. The van der Waals surface area contributed by atoms with E-state index in [1.807, 2.05) is 18.2 Å². The second-order valence-corrected chi connectivity index (χ2v) is 7.14. The van der Waals surface area contributed by atoms with Crippen LogP contribution in [0.3, 0.4) is 0 Å². The third-order valence-electron chi connectivity index (χ3n) is 4.51. The number of fused-ring (bicyclic) bond motifs is 1. The molecule has 0 amide bonds. The molecule has 164 valence electrons. The van der Waals surface area contributed by atoms with Crippen LogP contribution in [-0.4, -0.2) is 44.1 Å². The largest absolute Gasteiger partial charge is 0.370 e. The number of imidazole rings is 1. The third kappa shape index (κ3) is 5.10. The number of halogens is 2. The molecule has 1 aromatic carbocycles. The first-order valence-corrected chi connectivity index (χ1v) is 10.2. The fourth-order valence-corrected chi connectivity index (χ4v) is 3.17. The first kappa shape index (κ1) is 21.5. The van der Waals surface area contributed by atoms with Gasteiger partial charge in [-0.15, -0.1) is 0 Å². The Morgan fingerprint density at radius 2 is 1.97 bits per heavy atom. The van der Waals surface area contributed by atoms with Gasteiger partial charge in [0.05, 0.1) is 16.2 Å². The maximum Gasteiger partial charge on any atom is 0.202 e. The Labute approximate surface area is 187 Å². The number of amidine groups is 1. The highest BCUT2D eigenvalue weighted by atomic mass is 35.5. The molecule has 0 bridgehead atoms. The van der Waals surface area contributed by atoms with Crippen molar-refractivity contribution < 1.29 is 9.60 Å². The number of hydroxylamine groups is 1. The first-order valence-electron chi connectivity index (χ1n) is 9.82. The van der Waals surface area contributed by atoms with E-state index in [0.717, 1.165) is 18.8 Å². The normalized spacial score (nSPS) is 11.5. The number of benzene rings is 1. The number of hydrogen-bond donors (Lipinski definition) is 5. The van der Waals surface area contributed by atoms with Crippen LogP contribution in [0, 0.1) is 5.82 Å². The van der Waals surface area contributed by atoms with E-state index in [1.165, 1.54) is 18.2 Å². The van der Waals surface area contributed by atoms with Crippen LogP contribution in [0.15, 0.2) is 59.9 Å². The van der Waals surface area contributed by atoms with Crippen LogP contribution in [0.1, 0.15) is 12.0 Å². The van der Waals surface area contributed by atoms with Crippen LogP contribution in [0.25, 0.3) is 11.2 Å². The summed E-state index contributed by atoms with van der Waals surface area (Å²) >= 11 is 5.82. The van der Waals surface area contributed by atoms with E-state index >= 15 is 0 Å². The summed E-state index contributed by atoms with van der Waals surface area (Å²) in [5.74, 6) is 0.959. The lowest BCUT2D eigenvalue weighted by Gasteiger charge is -2.06. The molecule has 3 aromatic heterocycles. The molecular formula is C21H20ClFN8O. The van der Waals surface area contributed by atoms with Gasteiger partial charge in [-0.2, -0.15) is 4.98 Å². The summed E-state index contributed by atoms with van der Waals surface area (Å²) in [6, 6.07) is 11.4. The number of hydrogen-bond acceptors (Lipinski definition) is 7. The van der Waals surface area contributed by atoms with Crippen molar-refractivity contribution in [3.8, 4) is 0 Å². The van der Waals surface area contributed by atoms with Gasteiger partial charge in [0.25, 0.3) is 0 Å². The van der Waals surface area contributed by atoms with Crippen LogP contribution >= 0.6 is 11.6 Å². The quantitative estimate of drug-likeness (QED) is 0.117. The summed E-state index contributed by atoms with van der Waals surface area (Å²) in [5, 5.41) is 16.1. The molecule has 11 heteroatoms. The molecule has 0 aliphatic heterocycles. The molecule has 0 unspecified atom stereocenters. The van der Waals surface area contributed by atoms with Gasteiger partial charge in [-0.05, 0) is 42.8 Å². The minimum Gasteiger partial charge on any atom is -0.370 e. The second-order valence-electron chi connectivity index (χ2n) is 6.74. The average molecular weight is 455 g/mol. The number of H-pyrrole nitrogens is 1. The van der Waals surface area contributed by atoms with Crippen molar-refractivity contribution in [3.05, 3.63) is 71.3 Å². The number of nitrogens with one attached hydrogen (secondary N) is 4. The number of rotatable bonds is 8. The van der Waals surface area contributed by atoms with Crippen LogP contribution in [0.4, 0.5) is 21.8 Å². The number of anilines is 2. The van der Waals surface area contributed by atoms with Gasteiger partial charge in [0.15, 0.2) is 11.5 Å². The highest BCUT2D eigenvalue weighted by Gasteiger charge is 2.13.